The molecule has 0 saturated carbocycles. The van der Waals surface area contributed by atoms with Gasteiger partial charge in [-0.05, 0) is 64.2 Å². The Morgan fingerprint density at radius 2 is 1.29 bits per heavy atom. The van der Waals surface area contributed by atoms with Crippen molar-refractivity contribution in [2.45, 2.75) is 19.3 Å². The van der Waals surface area contributed by atoms with E-state index in [1.165, 1.54) is 33.4 Å². The maximum Gasteiger partial charge on any atom is 0.135 e. The molecule has 35 heavy (non-hydrogen) atoms. The second kappa shape index (κ2) is 7.35. The fraction of sp³-hybridized carbons (Fsp3) is 0.0909. The Bertz CT molecular complexity index is 1750. The molecule has 1 N–H and O–H groups in total. The van der Waals surface area contributed by atoms with Crippen LogP contribution in [0.2, 0.25) is 0 Å². The van der Waals surface area contributed by atoms with Gasteiger partial charge in [0.25, 0.3) is 0 Å². The number of rotatable bonds is 3. The molecule has 6 aromatic rings. The average Bonchev–Trinajstić information content (AvgIpc) is 3.37. The molecule has 0 aliphatic heterocycles. The van der Waals surface area contributed by atoms with Crippen molar-refractivity contribution in [1.82, 2.24) is 0 Å². The van der Waals surface area contributed by atoms with Crippen molar-refractivity contribution < 1.29 is 4.42 Å². The first kappa shape index (κ1) is 20.1. The van der Waals surface area contributed by atoms with Gasteiger partial charge in [-0.3, -0.25) is 0 Å². The van der Waals surface area contributed by atoms with Gasteiger partial charge in [-0.2, -0.15) is 0 Å². The summed E-state index contributed by atoms with van der Waals surface area (Å²) in [6.45, 7) is 4.64. The van der Waals surface area contributed by atoms with Crippen molar-refractivity contribution in [2.24, 2.45) is 0 Å². The van der Waals surface area contributed by atoms with Gasteiger partial charge >= 0.3 is 0 Å². The summed E-state index contributed by atoms with van der Waals surface area (Å²) >= 11 is 0. The van der Waals surface area contributed by atoms with E-state index in [0.717, 1.165) is 33.3 Å². The minimum absolute atomic E-state index is 0.0174. The van der Waals surface area contributed by atoms with Gasteiger partial charge in [0.15, 0.2) is 0 Å². The molecular formula is C33H25NO. The standard InChI is InChI=1S/C33H25NO/c1-33(2)28-12-6-3-10-24(28)25-17-16-22(20-29(25)33)34-30-13-7-4-9-23(30)21-15-18-32-27(19-21)26-11-5-8-14-31(26)35-32/h3-20,34H,1-2H3. The third-order valence-electron chi connectivity index (χ3n) is 7.48. The first-order valence-electron chi connectivity index (χ1n) is 12.1. The van der Waals surface area contributed by atoms with Crippen LogP contribution in [0.25, 0.3) is 44.2 Å². The Morgan fingerprint density at radius 1 is 0.571 bits per heavy atom. The summed E-state index contributed by atoms with van der Waals surface area (Å²) < 4.78 is 6.04. The molecule has 0 spiro atoms. The predicted molar refractivity (Wildman–Crippen MR) is 146 cm³/mol. The van der Waals surface area contributed by atoms with Gasteiger partial charge in [0.1, 0.15) is 11.2 Å². The number of furan rings is 1. The van der Waals surface area contributed by atoms with E-state index in [9.17, 15) is 0 Å². The molecule has 0 bridgehead atoms. The lowest BCUT2D eigenvalue weighted by Gasteiger charge is -2.22. The van der Waals surface area contributed by atoms with Crippen LogP contribution in [0.15, 0.2) is 114 Å². The number of benzene rings is 5. The predicted octanol–water partition coefficient (Wildman–Crippen LogP) is 9.30. The molecule has 2 heteroatoms. The van der Waals surface area contributed by atoms with E-state index in [0.29, 0.717) is 0 Å². The van der Waals surface area contributed by atoms with Crippen LogP contribution < -0.4 is 5.32 Å². The van der Waals surface area contributed by atoms with Crippen LogP contribution in [-0.4, -0.2) is 0 Å². The lowest BCUT2D eigenvalue weighted by atomic mass is 9.82. The Balaban J connectivity index is 1.30. The van der Waals surface area contributed by atoms with Gasteiger partial charge < -0.3 is 9.73 Å². The molecule has 168 valence electrons. The monoisotopic (exact) mass is 451 g/mol. The third kappa shape index (κ3) is 3.03. The lowest BCUT2D eigenvalue weighted by Crippen LogP contribution is -2.15. The van der Waals surface area contributed by atoms with Gasteiger partial charge in [-0.1, -0.05) is 86.6 Å². The summed E-state index contributed by atoms with van der Waals surface area (Å²) in [5.41, 5.74) is 11.8. The van der Waals surface area contributed by atoms with E-state index in [4.69, 9.17) is 4.42 Å². The van der Waals surface area contributed by atoms with Crippen LogP contribution in [0.4, 0.5) is 11.4 Å². The average molecular weight is 452 g/mol. The second-order valence-electron chi connectivity index (χ2n) is 9.91. The smallest absolute Gasteiger partial charge is 0.135 e. The van der Waals surface area contributed by atoms with Crippen LogP contribution in [-0.2, 0) is 5.41 Å². The Morgan fingerprint density at radius 3 is 2.20 bits per heavy atom. The normalized spacial score (nSPS) is 13.7. The Labute approximate surface area is 204 Å². The molecule has 0 atom stereocenters. The molecule has 0 radical (unpaired) electrons. The highest BCUT2D eigenvalue weighted by Crippen LogP contribution is 2.49. The minimum Gasteiger partial charge on any atom is -0.456 e. The maximum absolute atomic E-state index is 6.04. The largest absolute Gasteiger partial charge is 0.456 e. The fourth-order valence-corrected chi connectivity index (χ4v) is 5.68. The number of para-hydroxylation sites is 2. The molecule has 1 heterocycles. The van der Waals surface area contributed by atoms with Crippen LogP contribution in [0.5, 0.6) is 0 Å². The molecule has 0 fully saturated rings. The summed E-state index contributed by atoms with van der Waals surface area (Å²) in [6.07, 6.45) is 0. The van der Waals surface area contributed by atoms with E-state index in [1.54, 1.807) is 0 Å². The number of fused-ring (bicyclic) bond motifs is 6. The van der Waals surface area contributed by atoms with Crippen molar-refractivity contribution in [1.29, 1.82) is 0 Å². The summed E-state index contributed by atoms with van der Waals surface area (Å²) in [5, 5.41) is 6.01. The highest BCUT2D eigenvalue weighted by Gasteiger charge is 2.35. The van der Waals surface area contributed by atoms with Gasteiger partial charge in [0.05, 0.1) is 0 Å². The summed E-state index contributed by atoms with van der Waals surface area (Å²) in [7, 11) is 0. The lowest BCUT2D eigenvalue weighted by molar-refractivity contribution is 0.660. The second-order valence-corrected chi connectivity index (χ2v) is 9.91. The first-order valence-corrected chi connectivity index (χ1v) is 12.1. The molecular weight excluding hydrogens is 426 g/mol. The third-order valence-corrected chi connectivity index (χ3v) is 7.48. The van der Waals surface area contributed by atoms with Gasteiger partial charge in [0.2, 0.25) is 0 Å². The maximum atomic E-state index is 6.04. The van der Waals surface area contributed by atoms with E-state index < -0.39 is 0 Å². The van der Waals surface area contributed by atoms with E-state index in [1.807, 2.05) is 12.1 Å². The van der Waals surface area contributed by atoms with Crippen LogP contribution in [0.1, 0.15) is 25.0 Å². The summed E-state index contributed by atoms with van der Waals surface area (Å²) in [4.78, 5) is 0. The molecule has 0 unspecified atom stereocenters. The highest BCUT2D eigenvalue weighted by atomic mass is 16.3. The quantitative estimate of drug-likeness (QED) is 0.290. The zero-order valence-electron chi connectivity index (χ0n) is 19.8. The Kier molecular flexibility index (Phi) is 4.22. The minimum atomic E-state index is -0.0174. The van der Waals surface area contributed by atoms with Crippen molar-refractivity contribution in [2.75, 3.05) is 5.32 Å². The SMILES string of the molecule is CC1(C)c2ccccc2-c2ccc(Nc3ccccc3-c3ccc4oc5ccccc5c4c3)cc21. The van der Waals surface area contributed by atoms with Crippen LogP contribution in [0, 0.1) is 0 Å². The molecule has 7 rings (SSSR count). The van der Waals surface area contributed by atoms with Gasteiger partial charge in [-0.15, -0.1) is 0 Å². The number of hydrogen-bond acceptors (Lipinski definition) is 2. The zero-order chi connectivity index (χ0) is 23.6. The van der Waals surface area contributed by atoms with Crippen molar-refractivity contribution >= 4 is 33.3 Å². The van der Waals surface area contributed by atoms with E-state index in [2.05, 4.69) is 116 Å². The topological polar surface area (TPSA) is 25.2 Å². The van der Waals surface area contributed by atoms with E-state index in [-0.39, 0.29) is 5.41 Å². The van der Waals surface area contributed by atoms with Crippen molar-refractivity contribution in [3.63, 3.8) is 0 Å². The molecule has 2 nitrogen and oxygen atoms in total. The zero-order valence-corrected chi connectivity index (χ0v) is 19.8. The molecule has 0 saturated heterocycles. The van der Waals surface area contributed by atoms with Crippen molar-refractivity contribution in [3.05, 3.63) is 120 Å². The Hall–Kier alpha value is -4.30. The molecule has 0 amide bonds. The van der Waals surface area contributed by atoms with Crippen LogP contribution >= 0.6 is 0 Å². The summed E-state index contributed by atoms with van der Waals surface area (Å²) in [6, 6.07) is 38.8. The molecule has 1 aromatic heterocycles. The van der Waals surface area contributed by atoms with Crippen molar-refractivity contribution in [3.8, 4) is 22.3 Å². The van der Waals surface area contributed by atoms with Gasteiger partial charge in [-0.25, -0.2) is 0 Å². The molecule has 5 aromatic carbocycles. The highest BCUT2D eigenvalue weighted by molar-refractivity contribution is 6.06. The molecule has 1 aliphatic carbocycles. The van der Waals surface area contributed by atoms with Crippen LogP contribution in [0.3, 0.4) is 0 Å². The first-order chi connectivity index (χ1) is 17.1. The summed E-state index contributed by atoms with van der Waals surface area (Å²) in [5.74, 6) is 0. The number of anilines is 2. The van der Waals surface area contributed by atoms with Gasteiger partial charge in [0, 0.05) is 33.1 Å². The molecule has 1 aliphatic rings. The fourth-order valence-electron chi connectivity index (χ4n) is 5.68. The number of hydrogen-bond donors (Lipinski definition) is 1. The number of nitrogens with one attached hydrogen (secondary N) is 1. The van der Waals surface area contributed by atoms with E-state index >= 15 is 0 Å².